The van der Waals surface area contributed by atoms with E-state index in [1.54, 1.807) is 0 Å². The van der Waals surface area contributed by atoms with Crippen LogP contribution in [0.5, 0.6) is 0 Å². The van der Waals surface area contributed by atoms with Crippen LogP contribution in [0.15, 0.2) is 0 Å². The van der Waals surface area contributed by atoms with Crippen LogP contribution in [-0.2, 0) is 4.79 Å². The van der Waals surface area contributed by atoms with Crippen LogP contribution in [-0.4, -0.2) is 41.3 Å². The Morgan fingerprint density at radius 1 is 1.29 bits per heavy atom. The van der Waals surface area contributed by atoms with Crippen LogP contribution in [0, 0.1) is 0 Å². The van der Waals surface area contributed by atoms with Gasteiger partial charge in [-0.15, -0.1) is 0 Å². The van der Waals surface area contributed by atoms with E-state index in [9.17, 15) is 4.79 Å². The highest BCUT2D eigenvalue weighted by Gasteiger charge is 2.32. The Hall–Kier alpha value is -0.0200. The fourth-order valence-electron chi connectivity index (χ4n) is 2.70. The Bertz CT molecular complexity index is 209. The van der Waals surface area contributed by atoms with E-state index < -0.39 is 0 Å². The first-order chi connectivity index (χ1) is 6.81. The summed E-state index contributed by atoms with van der Waals surface area (Å²) in [7, 11) is 0. The number of hydrogen-bond donors (Lipinski definition) is 0. The molecule has 1 aliphatic carbocycles. The minimum atomic E-state index is 0.458. The molecule has 2 nitrogen and oxygen atoms in total. The number of piperidine rings is 1. The van der Waals surface area contributed by atoms with Crippen molar-refractivity contribution in [2.24, 2.45) is 0 Å². The van der Waals surface area contributed by atoms with Crippen LogP contribution in [0.1, 0.15) is 32.1 Å². The summed E-state index contributed by atoms with van der Waals surface area (Å²) in [6.07, 6.45) is 7.89. The Labute approximate surface area is 90.4 Å². The molecule has 1 saturated carbocycles. The van der Waals surface area contributed by atoms with E-state index in [0.717, 1.165) is 37.2 Å². The SMILES string of the molecule is CSC1CCCC1N1CCC(=O)CC1. The molecular weight excluding hydrogens is 194 g/mol. The van der Waals surface area contributed by atoms with E-state index in [1.807, 2.05) is 11.8 Å². The van der Waals surface area contributed by atoms with Gasteiger partial charge < -0.3 is 0 Å². The third kappa shape index (κ3) is 2.14. The lowest BCUT2D eigenvalue weighted by molar-refractivity contribution is -0.121. The van der Waals surface area contributed by atoms with Crippen LogP contribution in [0.4, 0.5) is 0 Å². The highest BCUT2D eigenvalue weighted by atomic mass is 32.2. The fourth-order valence-corrected chi connectivity index (χ4v) is 3.73. The zero-order chi connectivity index (χ0) is 9.97. The van der Waals surface area contributed by atoms with Gasteiger partial charge in [0, 0.05) is 37.2 Å². The highest BCUT2D eigenvalue weighted by molar-refractivity contribution is 7.99. The number of carbonyl (C=O) groups excluding carboxylic acids is 1. The summed E-state index contributed by atoms with van der Waals surface area (Å²) in [5, 5.41) is 0.822. The van der Waals surface area contributed by atoms with Crippen LogP contribution >= 0.6 is 11.8 Å². The zero-order valence-electron chi connectivity index (χ0n) is 8.87. The first-order valence-electron chi connectivity index (χ1n) is 5.60. The molecule has 2 atom stereocenters. The molecule has 0 spiro atoms. The Balaban J connectivity index is 1.91. The lowest BCUT2D eigenvalue weighted by Gasteiger charge is -2.34. The van der Waals surface area contributed by atoms with Gasteiger partial charge in [0.25, 0.3) is 0 Å². The molecule has 0 aromatic carbocycles. The highest BCUT2D eigenvalue weighted by Crippen LogP contribution is 2.33. The van der Waals surface area contributed by atoms with Crippen molar-refractivity contribution in [2.45, 2.75) is 43.4 Å². The van der Waals surface area contributed by atoms with Gasteiger partial charge in [-0.1, -0.05) is 6.42 Å². The number of likely N-dealkylation sites (tertiary alicyclic amines) is 1. The number of Topliss-reactive ketones (excluding diaryl/α,β-unsaturated/α-hetero) is 1. The van der Waals surface area contributed by atoms with Crippen LogP contribution < -0.4 is 0 Å². The fraction of sp³-hybridized carbons (Fsp3) is 0.909. The van der Waals surface area contributed by atoms with E-state index in [2.05, 4.69) is 11.2 Å². The summed E-state index contributed by atoms with van der Waals surface area (Å²) in [6, 6.07) is 0.762. The molecule has 0 aromatic rings. The molecule has 0 aromatic heterocycles. The van der Waals surface area contributed by atoms with Gasteiger partial charge in [-0.2, -0.15) is 11.8 Å². The van der Waals surface area contributed by atoms with Gasteiger partial charge in [0.2, 0.25) is 0 Å². The van der Waals surface area contributed by atoms with Crippen LogP contribution in [0.3, 0.4) is 0 Å². The summed E-state index contributed by atoms with van der Waals surface area (Å²) < 4.78 is 0. The molecule has 14 heavy (non-hydrogen) atoms. The summed E-state index contributed by atoms with van der Waals surface area (Å²) in [4.78, 5) is 13.7. The molecule has 0 N–H and O–H groups in total. The molecule has 3 heteroatoms. The van der Waals surface area contributed by atoms with E-state index >= 15 is 0 Å². The first-order valence-corrected chi connectivity index (χ1v) is 6.88. The molecule has 2 rings (SSSR count). The van der Waals surface area contributed by atoms with Gasteiger partial charge in [0.1, 0.15) is 5.78 Å². The number of hydrogen-bond acceptors (Lipinski definition) is 3. The maximum absolute atomic E-state index is 11.1. The summed E-state index contributed by atoms with van der Waals surface area (Å²) in [6.45, 7) is 2.03. The van der Waals surface area contributed by atoms with Crippen LogP contribution in [0.2, 0.25) is 0 Å². The van der Waals surface area contributed by atoms with Gasteiger partial charge in [-0.25, -0.2) is 0 Å². The molecule has 2 fully saturated rings. The third-order valence-electron chi connectivity index (χ3n) is 3.55. The normalized spacial score (nSPS) is 35.1. The second kappa shape index (κ2) is 4.67. The summed E-state index contributed by atoms with van der Waals surface area (Å²) in [5.41, 5.74) is 0. The van der Waals surface area contributed by atoms with Crippen molar-refractivity contribution in [3.8, 4) is 0 Å². The largest absolute Gasteiger partial charge is 0.300 e. The van der Waals surface area contributed by atoms with Gasteiger partial charge in [0.05, 0.1) is 0 Å². The number of thioether (sulfide) groups is 1. The number of rotatable bonds is 2. The molecule has 2 aliphatic rings. The summed E-state index contributed by atoms with van der Waals surface area (Å²) in [5.74, 6) is 0.458. The minimum Gasteiger partial charge on any atom is -0.300 e. The minimum absolute atomic E-state index is 0.458. The van der Waals surface area contributed by atoms with Crippen molar-refractivity contribution < 1.29 is 4.79 Å². The molecule has 80 valence electrons. The number of nitrogens with zero attached hydrogens (tertiary/aromatic N) is 1. The monoisotopic (exact) mass is 213 g/mol. The zero-order valence-corrected chi connectivity index (χ0v) is 9.68. The van der Waals surface area contributed by atoms with E-state index in [4.69, 9.17) is 0 Å². The second-order valence-corrected chi connectivity index (χ2v) is 5.42. The topological polar surface area (TPSA) is 20.3 Å². The predicted octanol–water partition coefficient (Wildman–Crippen LogP) is 1.94. The van der Waals surface area contributed by atoms with E-state index in [-0.39, 0.29) is 0 Å². The molecule has 1 aliphatic heterocycles. The quantitative estimate of drug-likeness (QED) is 0.699. The van der Waals surface area contributed by atoms with Crippen molar-refractivity contribution in [1.82, 2.24) is 4.90 Å². The standard InChI is InChI=1S/C11H19NOS/c1-14-11-4-2-3-10(11)12-7-5-9(13)6-8-12/h10-11H,2-8H2,1H3. The van der Waals surface area contributed by atoms with Crippen molar-refractivity contribution in [1.29, 1.82) is 0 Å². The average Bonchev–Trinajstić information content (AvgIpc) is 2.67. The Morgan fingerprint density at radius 2 is 2.00 bits per heavy atom. The van der Waals surface area contributed by atoms with Crippen molar-refractivity contribution >= 4 is 17.5 Å². The van der Waals surface area contributed by atoms with Gasteiger partial charge in [-0.3, -0.25) is 9.69 Å². The number of carbonyl (C=O) groups is 1. The maximum Gasteiger partial charge on any atom is 0.135 e. The van der Waals surface area contributed by atoms with Crippen molar-refractivity contribution in [3.05, 3.63) is 0 Å². The lowest BCUT2D eigenvalue weighted by Crippen LogP contribution is -2.44. The van der Waals surface area contributed by atoms with Gasteiger partial charge in [-0.05, 0) is 19.1 Å². The van der Waals surface area contributed by atoms with E-state index in [0.29, 0.717) is 5.78 Å². The number of ketones is 1. The molecule has 2 unspecified atom stereocenters. The molecule has 1 saturated heterocycles. The first kappa shape index (κ1) is 10.5. The second-order valence-electron chi connectivity index (χ2n) is 4.35. The van der Waals surface area contributed by atoms with Crippen molar-refractivity contribution in [2.75, 3.05) is 19.3 Å². The van der Waals surface area contributed by atoms with E-state index in [1.165, 1.54) is 19.3 Å². The predicted molar refractivity (Wildman–Crippen MR) is 60.8 cm³/mol. The Morgan fingerprint density at radius 3 is 2.64 bits per heavy atom. The molecule has 0 radical (unpaired) electrons. The summed E-state index contributed by atoms with van der Waals surface area (Å²) >= 11 is 2.01. The third-order valence-corrected chi connectivity index (χ3v) is 4.70. The lowest BCUT2D eigenvalue weighted by atomic mass is 10.1. The van der Waals surface area contributed by atoms with Gasteiger partial charge >= 0.3 is 0 Å². The van der Waals surface area contributed by atoms with Crippen molar-refractivity contribution in [3.63, 3.8) is 0 Å². The van der Waals surface area contributed by atoms with Gasteiger partial charge in [0.15, 0.2) is 0 Å². The smallest absolute Gasteiger partial charge is 0.135 e. The van der Waals surface area contributed by atoms with Crippen LogP contribution in [0.25, 0.3) is 0 Å². The molecule has 0 amide bonds. The molecule has 1 heterocycles. The Kier molecular flexibility index (Phi) is 3.50. The molecule has 0 bridgehead atoms. The maximum atomic E-state index is 11.1. The molecular formula is C11H19NOS. The average molecular weight is 213 g/mol.